The topological polar surface area (TPSA) is 119 Å². The largest absolute Gasteiger partial charge is 0.384 e. The first-order valence-electron chi connectivity index (χ1n) is 11.7. The maximum atomic E-state index is 12.0. The van der Waals surface area contributed by atoms with E-state index in [0.29, 0.717) is 56.2 Å². The van der Waals surface area contributed by atoms with Gasteiger partial charge in [-0.3, -0.25) is 14.4 Å². The number of aldehydes is 1. The molecule has 9 heteroatoms. The third-order valence-corrected chi connectivity index (χ3v) is 5.89. The Balaban J connectivity index is 1.89. The van der Waals surface area contributed by atoms with Crippen molar-refractivity contribution in [3.05, 3.63) is 46.4 Å². The first-order valence-corrected chi connectivity index (χ1v) is 11.7. The van der Waals surface area contributed by atoms with Gasteiger partial charge >= 0.3 is 0 Å². The number of fused-ring (bicyclic) bond motifs is 1. The number of rotatable bonds is 11. The highest BCUT2D eigenvalue weighted by molar-refractivity contribution is 5.89. The highest BCUT2D eigenvalue weighted by Crippen LogP contribution is 2.28. The smallest absolute Gasteiger partial charge is 0.232 e. The van der Waals surface area contributed by atoms with Gasteiger partial charge in [-0.25, -0.2) is 9.98 Å². The highest BCUT2D eigenvalue weighted by atomic mass is 16.2. The Hall–Kier alpha value is -3.80. The van der Waals surface area contributed by atoms with Crippen LogP contribution in [0.2, 0.25) is 0 Å². The van der Waals surface area contributed by atoms with E-state index in [4.69, 9.17) is 0 Å². The summed E-state index contributed by atoms with van der Waals surface area (Å²) in [6, 6.07) is 4.07. The van der Waals surface area contributed by atoms with Crippen LogP contribution >= 0.6 is 0 Å². The Kier molecular flexibility index (Phi) is 9.09. The van der Waals surface area contributed by atoms with Gasteiger partial charge in [0.25, 0.3) is 0 Å². The predicted molar refractivity (Wildman–Crippen MR) is 129 cm³/mol. The molecule has 3 rings (SSSR count). The maximum absolute atomic E-state index is 12.0. The molecule has 178 valence electrons. The van der Waals surface area contributed by atoms with Crippen LogP contribution < -0.4 is 10.2 Å². The van der Waals surface area contributed by atoms with Crippen molar-refractivity contribution in [2.45, 2.75) is 52.0 Å². The number of amides is 2. The summed E-state index contributed by atoms with van der Waals surface area (Å²) in [5.74, 6) is 0.814. The minimum absolute atomic E-state index is 0.112. The second kappa shape index (κ2) is 12.4. The number of aliphatic imine (C=N–C) groups is 1. The molecule has 9 nitrogen and oxygen atoms in total. The van der Waals surface area contributed by atoms with Gasteiger partial charge in [-0.2, -0.15) is 5.26 Å². The second-order valence-electron chi connectivity index (χ2n) is 8.27. The van der Waals surface area contributed by atoms with Gasteiger partial charge in [0.2, 0.25) is 12.3 Å². The van der Waals surface area contributed by atoms with E-state index in [1.165, 1.54) is 6.21 Å². The molecule has 0 atom stereocenters. The van der Waals surface area contributed by atoms with Crippen molar-refractivity contribution < 1.29 is 14.4 Å². The molecule has 1 aromatic rings. The van der Waals surface area contributed by atoms with Crippen molar-refractivity contribution >= 4 is 30.6 Å². The van der Waals surface area contributed by atoms with Crippen molar-refractivity contribution in [2.75, 3.05) is 24.5 Å². The standard InChI is InChI=1S/C25H30N6O3/c1-2-3-9-28-22(21(14-26)15-27-18-33)8-12-30-10-4-6-19-13-20(23(17-32)29-25(19)30)16-31-11-5-7-24(31)34/h8,12-13,15,17-18,28H,2-7,9-11,16H2,1H3/b12-8+,22-21+,27-15-. The molecule has 2 aliphatic rings. The van der Waals surface area contributed by atoms with Crippen molar-refractivity contribution in [1.29, 1.82) is 5.26 Å². The van der Waals surface area contributed by atoms with E-state index in [-0.39, 0.29) is 11.5 Å². The Morgan fingerprint density at radius 3 is 2.79 bits per heavy atom. The van der Waals surface area contributed by atoms with Gasteiger partial charge < -0.3 is 15.1 Å². The molecule has 34 heavy (non-hydrogen) atoms. The fourth-order valence-corrected chi connectivity index (χ4v) is 4.11. The average molecular weight is 463 g/mol. The number of carbonyl (C=O) groups is 3. The number of aryl methyl sites for hydroxylation is 1. The van der Waals surface area contributed by atoms with Crippen molar-refractivity contribution in [1.82, 2.24) is 15.2 Å². The molecule has 2 amide bonds. The van der Waals surface area contributed by atoms with Crippen LogP contribution in [0.25, 0.3) is 0 Å². The van der Waals surface area contributed by atoms with E-state index in [2.05, 4.69) is 28.3 Å². The van der Waals surface area contributed by atoms with Gasteiger partial charge in [0.05, 0.1) is 17.5 Å². The lowest BCUT2D eigenvalue weighted by Crippen LogP contribution is -2.28. The summed E-state index contributed by atoms with van der Waals surface area (Å²) in [5.41, 5.74) is 2.95. The molecular weight excluding hydrogens is 432 g/mol. The fourth-order valence-electron chi connectivity index (χ4n) is 4.11. The molecule has 0 radical (unpaired) electrons. The van der Waals surface area contributed by atoms with Crippen LogP contribution in [0.15, 0.2) is 34.6 Å². The van der Waals surface area contributed by atoms with E-state index in [1.807, 2.05) is 17.2 Å². The normalized spacial score (nSPS) is 16.5. The zero-order valence-electron chi connectivity index (χ0n) is 19.5. The summed E-state index contributed by atoms with van der Waals surface area (Å²) in [4.78, 5) is 46.4. The van der Waals surface area contributed by atoms with Crippen LogP contribution in [0.3, 0.4) is 0 Å². The van der Waals surface area contributed by atoms with Crippen LogP contribution in [-0.2, 0) is 22.6 Å². The Morgan fingerprint density at radius 1 is 1.29 bits per heavy atom. The number of hydrogen-bond donors (Lipinski definition) is 1. The molecule has 0 saturated carbocycles. The molecule has 2 aliphatic heterocycles. The van der Waals surface area contributed by atoms with Gasteiger partial charge in [0.1, 0.15) is 17.6 Å². The van der Waals surface area contributed by atoms with E-state index in [0.717, 1.165) is 49.5 Å². The third kappa shape index (κ3) is 6.16. The minimum atomic E-state index is 0.112. The predicted octanol–water partition coefficient (Wildman–Crippen LogP) is 2.68. The summed E-state index contributed by atoms with van der Waals surface area (Å²) >= 11 is 0. The van der Waals surface area contributed by atoms with Crippen molar-refractivity contribution in [2.24, 2.45) is 4.99 Å². The number of carbonyl (C=O) groups excluding carboxylic acids is 3. The van der Waals surface area contributed by atoms with E-state index in [9.17, 15) is 19.6 Å². The third-order valence-electron chi connectivity index (χ3n) is 5.89. The average Bonchev–Trinajstić information content (AvgIpc) is 3.26. The summed E-state index contributed by atoms with van der Waals surface area (Å²) in [6.07, 6.45) is 11.1. The first-order chi connectivity index (χ1) is 16.6. The molecule has 1 N–H and O–H groups in total. The van der Waals surface area contributed by atoms with Gasteiger partial charge in [-0.15, -0.1) is 0 Å². The molecule has 1 aromatic heterocycles. The number of allylic oxidation sites excluding steroid dienone is 2. The van der Waals surface area contributed by atoms with Crippen LogP contribution in [0.4, 0.5) is 5.82 Å². The maximum Gasteiger partial charge on any atom is 0.232 e. The Morgan fingerprint density at radius 2 is 2.12 bits per heavy atom. The number of nitrogens with zero attached hydrogens (tertiary/aromatic N) is 5. The van der Waals surface area contributed by atoms with Crippen molar-refractivity contribution in [3.63, 3.8) is 0 Å². The Bertz CT molecular complexity index is 1050. The number of nitrogens with one attached hydrogen (secondary N) is 1. The molecule has 1 saturated heterocycles. The molecular formula is C25H30N6O3. The van der Waals surface area contributed by atoms with Gasteiger partial charge in [-0.1, -0.05) is 13.3 Å². The van der Waals surface area contributed by atoms with Crippen LogP contribution in [0, 0.1) is 11.3 Å². The van der Waals surface area contributed by atoms with Gasteiger partial charge in [0.15, 0.2) is 6.29 Å². The van der Waals surface area contributed by atoms with E-state index in [1.54, 1.807) is 11.0 Å². The summed E-state index contributed by atoms with van der Waals surface area (Å²) in [5, 5.41) is 12.8. The SMILES string of the molecule is CCCCNC(/C=C/N1CCCc2cc(CN3CCCC3=O)c(C=O)nc21)=C(C#N)/C=N\C=O. The molecule has 1 fully saturated rings. The molecule has 0 aromatic carbocycles. The number of nitriles is 1. The number of unbranched alkanes of at least 4 members (excludes halogenated alkanes) is 1. The van der Waals surface area contributed by atoms with Crippen LogP contribution in [-0.4, -0.2) is 54.3 Å². The number of hydrogen-bond acceptors (Lipinski definition) is 7. The quantitative estimate of drug-likeness (QED) is 0.177. The van der Waals surface area contributed by atoms with Crippen LogP contribution in [0.1, 0.15) is 60.6 Å². The monoisotopic (exact) mass is 462 g/mol. The van der Waals surface area contributed by atoms with E-state index < -0.39 is 0 Å². The number of anilines is 1. The fraction of sp³-hybridized carbons (Fsp3) is 0.440. The molecule has 0 aliphatic carbocycles. The molecule has 0 unspecified atom stereocenters. The number of pyridine rings is 1. The number of likely N-dealkylation sites (tertiary alicyclic amines) is 1. The second-order valence-corrected chi connectivity index (χ2v) is 8.27. The number of aromatic nitrogens is 1. The van der Waals surface area contributed by atoms with Gasteiger partial charge in [-0.05, 0) is 43.4 Å². The lowest BCUT2D eigenvalue weighted by molar-refractivity contribution is -0.128. The summed E-state index contributed by atoms with van der Waals surface area (Å²) in [7, 11) is 0. The molecule has 0 bridgehead atoms. The first kappa shape index (κ1) is 24.8. The molecule has 3 heterocycles. The highest BCUT2D eigenvalue weighted by Gasteiger charge is 2.24. The van der Waals surface area contributed by atoms with Crippen molar-refractivity contribution in [3.8, 4) is 6.07 Å². The Labute approximate surface area is 199 Å². The van der Waals surface area contributed by atoms with Gasteiger partial charge in [0, 0.05) is 44.4 Å². The van der Waals surface area contributed by atoms with E-state index >= 15 is 0 Å². The zero-order valence-corrected chi connectivity index (χ0v) is 19.5. The zero-order chi connectivity index (χ0) is 24.3. The van der Waals surface area contributed by atoms with Crippen LogP contribution in [0.5, 0.6) is 0 Å². The minimum Gasteiger partial charge on any atom is -0.384 e. The lowest BCUT2D eigenvalue weighted by atomic mass is 10.0. The summed E-state index contributed by atoms with van der Waals surface area (Å²) < 4.78 is 0. The molecule has 0 spiro atoms. The summed E-state index contributed by atoms with van der Waals surface area (Å²) in [6.45, 7) is 4.58. The lowest BCUT2D eigenvalue weighted by Gasteiger charge is -2.28.